The molecule has 2 rings (SSSR count). The third kappa shape index (κ3) is 3.40. The van der Waals surface area contributed by atoms with E-state index in [1.165, 1.54) is 12.8 Å². The average Bonchev–Trinajstić information content (AvgIpc) is 2.95. The highest BCUT2D eigenvalue weighted by Crippen LogP contribution is 2.40. The molecule has 0 atom stereocenters. The summed E-state index contributed by atoms with van der Waals surface area (Å²) in [5.74, 6) is 0. The lowest BCUT2D eigenvalue weighted by Gasteiger charge is -2.27. The monoisotopic (exact) mass is 297 g/mol. The summed E-state index contributed by atoms with van der Waals surface area (Å²) >= 11 is 0. The minimum atomic E-state index is -3.45. The maximum atomic E-state index is 12.3. The summed E-state index contributed by atoms with van der Waals surface area (Å²) in [6, 6.07) is 6.36. The van der Waals surface area contributed by atoms with E-state index in [-0.39, 0.29) is 16.9 Å². The fourth-order valence-electron chi connectivity index (χ4n) is 2.89. The van der Waals surface area contributed by atoms with Gasteiger partial charge in [0.15, 0.2) is 0 Å². The zero-order valence-electron chi connectivity index (χ0n) is 11.9. The van der Waals surface area contributed by atoms with Gasteiger partial charge in [-0.1, -0.05) is 31.9 Å². The fraction of sp³-hybridized carbons (Fsp3) is 0.600. The molecule has 1 aliphatic carbocycles. The lowest BCUT2D eigenvalue weighted by atomic mass is 9.84. The lowest BCUT2D eigenvalue weighted by molar-refractivity contribution is 0.281. The van der Waals surface area contributed by atoms with Crippen LogP contribution in [0.25, 0.3) is 0 Å². The van der Waals surface area contributed by atoms with Crippen molar-refractivity contribution in [3.63, 3.8) is 0 Å². The molecule has 0 saturated heterocycles. The van der Waals surface area contributed by atoms with Crippen molar-refractivity contribution in [1.29, 1.82) is 0 Å². The summed E-state index contributed by atoms with van der Waals surface area (Å²) < 4.78 is 27.3. The first kappa shape index (κ1) is 15.5. The van der Waals surface area contributed by atoms with Crippen LogP contribution in [0.3, 0.4) is 0 Å². The van der Waals surface area contributed by atoms with Crippen LogP contribution in [0.5, 0.6) is 0 Å². The van der Waals surface area contributed by atoms with Gasteiger partial charge in [-0.2, -0.15) is 0 Å². The van der Waals surface area contributed by atoms with Gasteiger partial charge in [0.1, 0.15) is 0 Å². The van der Waals surface area contributed by atoms with Crippen LogP contribution in [0, 0.1) is 5.41 Å². The van der Waals surface area contributed by atoms with Crippen LogP contribution in [0.4, 0.5) is 0 Å². The Bertz CT molecular complexity index is 531. The van der Waals surface area contributed by atoms with E-state index in [1.54, 1.807) is 24.3 Å². The van der Waals surface area contributed by atoms with Crippen molar-refractivity contribution in [3.05, 3.63) is 29.8 Å². The van der Waals surface area contributed by atoms with Gasteiger partial charge in [-0.15, -0.1) is 0 Å². The van der Waals surface area contributed by atoms with Crippen LogP contribution >= 0.6 is 0 Å². The van der Waals surface area contributed by atoms with Crippen LogP contribution in [-0.2, 0) is 16.6 Å². The molecule has 1 aromatic rings. The van der Waals surface area contributed by atoms with Crippen molar-refractivity contribution >= 4 is 10.0 Å². The van der Waals surface area contributed by atoms with Crippen molar-refractivity contribution in [2.45, 2.75) is 50.5 Å². The first-order valence-corrected chi connectivity index (χ1v) is 8.69. The Kier molecular flexibility index (Phi) is 4.83. The standard InChI is InChI=1S/C15H23NO3S/c1-2-15(9-3-4-10-15)12-16-20(18,19)14-7-5-13(11-17)6-8-14/h5-8,16-17H,2-4,9-12H2,1H3. The van der Waals surface area contributed by atoms with Crippen molar-refractivity contribution in [3.8, 4) is 0 Å². The van der Waals surface area contributed by atoms with Crippen molar-refractivity contribution in [2.24, 2.45) is 5.41 Å². The first-order chi connectivity index (χ1) is 9.51. The van der Waals surface area contributed by atoms with Gasteiger partial charge in [0, 0.05) is 6.54 Å². The van der Waals surface area contributed by atoms with E-state index < -0.39 is 10.0 Å². The molecule has 0 radical (unpaired) electrons. The Morgan fingerprint density at radius 3 is 2.30 bits per heavy atom. The van der Waals surface area contributed by atoms with Crippen molar-refractivity contribution in [1.82, 2.24) is 4.72 Å². The van der Waals surface area contributed by atoms with E-state index in [2.05, 4.69) is 11.6 Å². The molecule has 0 aromatic heterocycles. The molecule has 0 amide bonds. The lowest BCUT2D eigenvalue weighted by Crippen LogP contribution is -2.35. The van der Waals surface area contributed by atoms with Gasteiger partial charge in [0.25, 0.3) is 0 Å². The third-order valence-corrected chi connectivity index (χ3v) is 5.88. The summed E-state index contributed by atoms with van der Waals surface area (Å²) in [5, 5.41) is 8.98. The summed E-state index contributed by atoms with van der Waals surface area (Å²) in [6.45, 7) is 2.58. The predicted molar refractivity (Wildman–Crippen MR) is 78.7 cm³/mol. The van der Waals surface area contributed by atoms with E-state index in [1.807, 2.05) is 0 Å². The predicted octanol–water partition coefficient (Wildman–Crippen LogP) is 2.43. The number of hydrogen-bond donors (Lipinski definition) is 2. The molecule has 0 aliphatic heterocycles. The Hall–Kier alpha value is -0.910. The number of rotatable bonds is 6. The molecule has 4 nitrogen and oxygen atoms in total. The quantitative estimate of drug-likeness (QED) is 0.847. The summed E-state index contributed by atoms with van der Waals surface area (Å²) in [6.07, 6.45) is 5.62. The van der Waals surface area contributed by atoms with E-state index in [4.69, 9.17) is 5.11 Å². The molecule has 5 heteroatoms. The second-order valence-corrected chi connectivity index (χ2v) is 7.45. The van der Waals surface area contributed by atoms with Gasteiger partial charge in [-0.05, 0) is 42.4 Å². The van der Waals surface area contributed by atoms with Gasteiger partial charge < -0.3 is 5.11 Å². The van der Waals surface area contributed by atoms with Crippen LogP contribution in [0.1, 0.15) is 44.6 Å². The Labute approximate surface area is 121 Å². The molecular formula is C15H23NO3S. The molecule has 1 saturated carbocycles. The highest BCUT2D eigenvalue weighted by Gasteiger charge is 2.33. The topological polar surface area (TPSA) is 66.4 Å². The molecular weight excluding hydrogens is 274 g/mol. The second-order valence-electron chi connectivity index (χ2n) is 5.69. The Morgan fingerprint density at radius 1 is 1.20 bits per heavy atom. The SMILES string of the molecule is CCC1(CNS(=O)(=O)c2ccc(CO)cc2)CCCC1. The molecule has 0 heterocycles. The molecule has 0 spiro atoms. The molecule has 112 valence electrons. The Balaban J connectivity index is 2.06. The number of benzene rings is 1. The summed E-state index contributed by atoms with van der Waals surface area (Å²) in [7, 11) is -3.45. The molecule has 2 N–H and O–H groups in total. The number of nitrogens with one attached hydrogen (secondary N) is 1. The number of hydrogen-bond acceptors (Lipinski definition) is 3. The Morgan fingerprint density at radius 2 is 1.80 bits per heavy atom. The van der Waals surface area contributed by atoms with E-state index in [9.17, 15) is 8.42 Å². The number of aliphatic hydroxyl groups is 1. The highest BCUT2D eigenvalue weighted by molar-refractivity contribution is 7.89. The van der Waals surface area contributed by atoms with E-state index in [0.717, 1.165) is 19.3 Å². The smallest absolute Gasteiger partial charge is 0.240 e. The van der Waals surface area contributed by atoms with Gasteiger partial charge >= 0.3 is 0 Å². The van der Waals surface area contributed by atoms with Crippen LogP contribution in [0.2, 0.25) is 0 Å². The summed E-state index contributed by atoms with van der Waals surface area (Å²) in [4.78, 5) is 0.263. The van der Waals surface area contributed by atoms with Gasteiger partial charge in [-0.25, -0.2) is 13.1 Å². The maximum Gasteiger partial charge on any atom is 0.240 e. The normalized spacial score (nSPS) is 18.3. The molecule has 1 aliphatic rings. The van der Waals surface area contributed by atoms with E-state index >= 15 is 0 Å². The number of aliphatic hydroxyl groups excluding tert-OH is 1. The van der Waals surface area contributed by atoms with E-state index in [0.29, 0.717) is 12.1 Å². The molecule has 0 bridgehead atoms. The molecule has 20 heavy (non-hydrogen) atoms. The minimum Gasteiger partial charge on any atom is -0.392 e. The fourth-order valence-corrected chi connectivity index (χ4v) is 4.04. The summed E-state index contributed by atoms with van der Waals surface area (Å²) in [5.41, 5.74) is 0.850. The molecule has 0 unspecified atom stereocenters. The van der Waals surface area contributed by atoms with Crippen LogP contribution < -0.4 is 4.72 Å². The van der Waals surface area contributed by atoms with Crippen molar-refractivity contribution in [2.75, 3.05) is 6.54 Å². The minimum absolute atomic E-state index is 0.0767. The first-order valence-electron chi connectivity index (χ1n) is 7.21. The molecule has 1 aromatic carbocycles. The molecule has 1 fully saturated rings. The second kappa shape index (κ2) is 6.24. The highest BCUT2D eigenvalue weighted by atomic mass is 32.2. The average molecular weight is 297 g/mol. The van der Waals surface area contributed by atoms with Gasteiger partial charge in [0.2, 0.25) is 10.0 Å². The van der Waals surface area contributed by atoms with Gasteiger partial charge in [-0.3, -0.25) is 0 Å². The largest absolute Gasteiger partial charge is 0.392 e. The van der Waals surface area contributed by atoms with Crippen LogP contribution in [0.15, 0.2) is 29.2 Å². The zero-order valence-corrected chi connectivity index (χ0v) is 12.7. The zero-order chi connectivity index (χ0) is 14.6. The maximum absolute atomic E-state index is 12.3. The number of sulfonamides is 1. The van der Waals surface area contributed by atoms with Gasteiger partial charge in [0.05, 0.1) is 11.5 Å². The third-order valence-electron chi connectivity index (χ3n) is 4.47. The van der Waals surface area contributed by atoms with Crippen molar-refractivity contribution < 1.29 is 13.5 Å². The van der Waals surface area contributed by atoms with Crippen LogP contribution in [-0.4, -0.2) is 20.1 Å².